The van der Waals surface area contributed by atoms with E-state index in [0.29, 0.717) is 13.0 Å². The van der Waals surface area contributed by atoms with E-state index in [2.05, 4.69) is 12.2 Å². The molecule has 3 rings (SSSR count). The number of benzene rings is 1. The smallest absolute Gasteiger partial charge is 0.255 e. The summed E-state index contributed by atoms with van der Waals surface area (Å²) in [7, 11) is 0. The summed E-state index contributed by atoms with van der Waals surface area (Å²) in [5, 5.41) is 2.33. The van der Waals surface area contributed by atoms with E-state index >= 15 is 0 Å². The first-order valence-electron chi connectivity index (χ1n) is 8.16. The monoisotopic (exact) mass is 313 g/mol. The highest BCUT2D eigenvalue weighted by Crippen LogP contribution is 2.30. The fraction of sp³-hybridized carbons (Fsp3) is 0.444. The second-order valence-corrected chi connectivity index (χ2v) is 6.16. The summed E-state index contributed by atoms with van der Waals surface area (Å²) >= 11 is 0. The molecule has 1 atom stereocenters. The minimum Gasteiger partial charge on any atom is -0.322 e. The summed E-state index contributed by atoms with van der Waals surface area (Å²) in [5.41, 5.74) is 2.78. The van der Waals surface area contributed by atoms with Gasteiger partial charge in [-0.25, -0.2) is 0 Å². The number of fused-ring (bicyclic) bond motifs is 1. The number of imide groups is 1. The Hall–Kier alpha value is -2.17. The maximum Gasteiger partial charge on any atom is 0.255 e. The molecule has 1 unspecified atom stereocenters. The maximum atomic E-state index is 12.8. The molecule has 3 amide bonds. The van der Waals surface area contributed by atoms with Crippen molar-refractivity contribution >= 4 is 17.7 Å². The molecule has 1 aromatic rings. The van der Waals surface area contributed by atoms with Crippen molar-refractivity contribution in [2.75, 3.05) is 0 Å². The average Bonchev–Trinajstić information content (AvgIpc) is 2.85. The van der Waals surface area contributed by atoms with E-state index in [1.807, 2.05) is 18.2 Å². The lowest BCUT2D eigenvalue weighted by Gasteiger charge is -2.29. The fourth-order valence-corrected chi connectivity index (χ4v) is 3.39. The number of unbranched alkanes of at least 4 members (excludes halogenated alkanes) is 2. The van der Waals surface area contributed by atoms with Gasteiger partial charge in [-0.3, -0.25) is 19.7 Å². The van der Waals surface area contributed by atoms with Crippen molar-refractivity contribution in [2.24, 2.45) is 0 Å². The first-order chi connectivity index (χ1) is 11.1. The average molecular weight is 313 g/mol. The fourth-order valence-electron chi connectivity index (χ4n) is 3.39. The van der Waals surface area contributed by atoms with Crippen LogP contribution in [0, 0.1) is 6.92 Å². The normalized spacial score (nSPS) is 20.7. The quantitative estimate of drug-likeness (QED) is 0.668. The van der Waals surface area contributed by atoms with Crippen LogP contribution in [0.3, 0.4) is 0 Å². The molecule has 1 saturated heterocycles. The molecule has 23 heavy (non-hydrogen) atoms. The largest absolute Gasteiger partial charge is 0.322 e. The van der Waals surface area contributed by atoms with Crippen LogP contribution in [0.4, 0.5) is 0 Å². The molecule has 0 bridgehead atoms. The molecule has 2 aliphatic heterocycles. The summed E-state index contributed by atoms with van der Waals surface area (Å²) in [4.78, 5) is 37.8. The lowest BCUT2D eigenvalue weighted by atomic mass is 9.98. The molecule has 1 N–H and O–H groups in total. The van der Waals surface area contributed by atoms with Crippen LogP contribution < -0.4 is 5.32 Å². The van der Waals surface area contributed by atoms with Gasteiger partial charge in [0.25, 0.3) is 5.91 Å². The third kappa shape index (κ3) is 3.00. The van der Waals surface area contributed by atoms with E-state index in [1.165, 1.54) is 0 Å². The first kappa shape index (κ1) is 15.7. The summed E-state index contributed by atoms with van der Waals surface area (Å²) in [6.45, 7) is 4.29. The van der Waals surface area contributed by atoms with E-state index in [-0.39, 0.29) is 24.1 Å². The number of hydrogen-bond donors (Lipinski definition) is 1. The van der Waals surface area contributed by atoms with Gasteiger partial charge in [0.2, 0.25) is 11.8 Å². The van der Waals surface area contributed by atoms with Crippen LogP contribution in [0.25, 0.3) is 0 Å². The molecule has 2 heterocycles. The summed E-state index contributed by atoms with van der Waals surface area (Å²) in [6.07, 6.45) is 4.48. The van der Waals surface area contributed by atoms with E-state index in [4.69, 9.17) is 0 Å². The zero-order chi connectivity index (χ0) is 16.4. The predicted molar refractivity (Wildman–Crippen MR) is 85.4 cm³/mol. The first-order valence-corrected chi connectivity index (χ1v) is 8.16. The van der Waals surface area contributed by atoms with Gasteiger partial charge in [0.1, 0.15) is 6.04 Å². The van der Waals surface area contributed by atoms with Crippen molar-refractivity contribution in [2.45, 2.75) is 51.1 Å². The van der Waals surface area contributed by atoms with Gasteiger partial charge in [0.15, 0.2) is 0 Å². The molecular weight excluding hydrogens is 292 g/mol. The lowest BCUT2D eigenvalue weighted by molar-refractivity contribution is -0.136. The van der Waals surface area contributed by atoms with Crippen molar-refractivity contribution in [3.63, 3.8) is 0 Å². The Morgan fingerprint density at radius 3 is 2.78 bits per heavy atom. The molecule has 5 heteroatoms. The van der Waals surface area contributed by atoms with Crippen molar-refractivity contribution in [1.29, 1.82) is 0 Å². The second kappa shape index (κ2) is 6.52. The van der Waals surface area contributed by atoms with Crippen molar-refractivity contribution in [3.8, 4) is 0 Å². The molecule has 1 radical (unpaired) electrons. The van der Waals surface area contributed by atoms with Gasteiger partial charge in [0, 0.05) is 18.5 Å². The van der Waals surface area contributed by atoms with Crippen LogP contribution in [0.5, 0.6) is 0 Å². The molecule has 0 saturated carbocycles. The number of nitrogens with zero attached hydrogens (tertiary/aromatic N) is 1. The highest BCUT2D eigenvalue weighted by molar-refractivity contribution is 6.05. The van der Waals surface area contributed by atoms with Crippen LogP contribution in [0.1, 0.15) is 53.6 Å². The minimum atomic E-state index is -0.541. The molecule has 0 spiro atoms. The van der Waals surface area contributed by atoms with Gasteiger partial charge in [0.05, 0.1) is 0 Å². The zero-order valence-electron chi connectivity index (χ0n) is 13.1. The third-order valence-electron chi connectivity index (χ3n) is 4.58. The SMILES string of the molecule is [CH2]CCCCc1cccc2c1C(=O)N(C1CCC(=O)NC1=O)C2. The Labute approximate surface area is 136 Å². The lowest BCUT2D eigenvalue weighted by Crippen LogP contribution is -2.52. The van der Waals surface area contributed by atoms with Crippen molar-refractivity contribution < 1.29 is 14.4 Å². The highest BCUT2D eigenvalue weighted by Gasteiger charge is 2.39. The molecule has 1 fully saturated rings. The Kier molecular flexibility index (Phi) is 4.46. The Bertz CT molecular complexity index is 654. The molecule has 0 aromatic heterocycles. The molecular formula is C18H21N2O3. The van der Waals surface area contributed by atoms with Crippen LogP contribution >= 0.6 is 0 Å². The predicted octanol–water partition coefficient (Wildman–Crippen LogP) is 1.99. The highest BCUT2D eigenvalue weighted by atomic mass is 16.2. The van der Waals surface area contributed by atoms with Crippen LogP contribution in [0.2, 0.25) is 0 Å². The standard InChI is InChI=1S/C18H21N2O3/c1-2-3-4-6-12-7-5-8-13-11-20(18(23)16(12)13)14-9-10-15(21)19-17(14)22/h5,7-8,14H,1-4,6,9-11H2,(H,19,21,22). The number of rotatable bonds is 5. The Morgan fingerprint density at radius 1 is 1.22 bits per heavy atom. The maximum absolute atomic E-state index is 12.8. The van der Waals surface area contributed by atoms with E-state index in [1.54, 1.807) is 4.90 Å². The molecule has 2 aliphatic rings. The van der Waals surface area contributed by atoms with Crippen molar-refractivity contribution in [3.05, 3.63) is 41.8 Å². The van der Waals surface area contributed by atoms with Gasteiger partial charge >= 0.3 is 0 Å². The van der Waals surface area contributed by atoms with Gasteiger partial charge in [-0.15, -0.1) is 0 Å². The topological polar surface area (TPSA) is 66.5 Å². The third-order valence-corrected chi connectivity index (χ3v) is 4.58. The number of hydrogen-bond acceptors (Lipinski definition) is 3. The van der Waals surface area contributed by atoms with Gasteiger partial charge in [-0.05, 0) is 30.4 Å². The van der Waals surface area contributed by atoms with Gasteiger partial charge in [-0.1, -0.05) is 38.0 Å². The second-order valence-electron chi connectivity index (χ2n) is 6.16. The molecule has 0 aliphatic carbocycles. The van der Waals surface area contributed by atoms with Crippen molar-refractivity contribution in [1.82, 2.24) is 10.2 Å². The minimum absolute atomic E-state index is 0.0836. The molecule has 121 valence electrons. The summed E-state index contributed by atoms with van der Waals surface area (Å²) in [5.74, 6) is -0.704. The van der Waals surface area contributed by atoms with Crippen LogP contribution in [0.15, 0.2) is 18.2 Å². The number of carbonyl (C=O) groups is 3. The van der Waals surface area contributed by atoms with Crippen LogP contribution in [-0.4, -0.2) is 28.7 Å². The number of piperidine rings is 1. The van der Waals surface area contributed by atoms with Gasteiger partial charge in [-0.2, -0.15) is 0 Å². The number of aryl methyl sites for hydroxylation is 1. The van der Waals surface area contributed by atoms with E-state index < -0.39 is 6.04 Å². The van der Waals surface area contributed by atoms with E-state index in [9.17, 15) is 14.4 Å². The van der Waals surface area contributed by atoms with Gasteiger partial charge < -0.3 is 4.90 Å². The Balaban J connectivity index is 1.80. The molecule has 5 nitrogen and oxygen atoms in total. The summed E-state index contributed by atoms with van der Waals surface area (Å²) in [6, 6.07) is 5.37. The number of nitrogens with one attached hydrogen (secondary N) is 1. The van der Waals surface area contributed by atoms with E-state index in [0.717, 1.165) is 42.4 Å². The van der Waals surface area contributed by atoms with Crippen LogP contribution in [-0.2, 0) is 22.6 Å². The summed E-state index contributed by atoms with van der Waals surface area (Å²) < 4.78 is 0. The molecule has 1 aromatic carbocycles. The zero-order valence-corrected chi connectivity index (χ0v) is 13.1. The Morgan fingerprint density at radius 2 is 2.04 bits per heavy atom. The number of carbonyl (C=O) groups excluding carboxylic acids is 3. The number of amides is 3.